The van der Waals surface area contributed by atoms with E-state index in [-0.39, 0.29) is 12.4 Å². The third-order valence-electron chi connectivity index (χ3n) is 2.77. The fourth-order valence-corrected chi connectivity index (χ4v) is 1.77. The highest BCUT2D eigenvalue weighted by atomic mass is 35.5. The summed E-state index contributed by atoms with van der Waals surface area (Å²) in [7, 11) is 0. The van der Waals surface area contributed by atoms with Gasteiger partial charge in [0.05, 0.1) is 0 Å². The van der Waals surface area contributed by atoms with E-state index < -0.39 is 0 Å². The molecule has 1 nitrogen and oxygen atoms in total. The Morgan fingerprint density at radius 2 is 1.67 bits per heavy atom. The molecule has 2 N–H and O–H groups in total. The Balaban J connectivity index is 0.000000720. The molecule has 2 aliphatic carbocycles. The van der Waals surface area contributed by atoms with Crippen LogP contribution in [0, 0.1) is 5.92 Å². The first-order valence-corrected chi connectivity index (χ1v) is 4.80. The fourth-order valence-electron chi connectivity index (χ4n) is 1.77. The van der Waals surface area contributed by atoms with E-state index in [4.69, 9.17) is 5.73 Å². The van der Waals surface area contributed by atoms with Crippen LogP contribution in [0.15, 0.2) is 11.6 Å². The molecule has 0 saturated heterocycles. The van der Waals surface area contributed by atoms with E-state index in [9.17, 15) is 0 Å². The average molecular weight is 188 g/mol. The monoisotopic (exact) mass is 187 g/mol. The minimum Gasteiger partial charge on any atom is -0.328 e. The zero-order valence-corrected chi connectivity index (χ0v) is 8.28. The number of allylic oxidation sites excluding steroid dienone is 2. The Hall–Kier alpha value is -0.0100. The quantitative estimate of drug-likeness (QED) is 0.628. The first kappa shape index (κ1) is 10.1. The second kappa shape index (κ2) is 4.29. The standard InChI is InChI=1S/C10H17N.ClH/c11-10-5-3-9(4-6-10)7-8-1-2-8;/h7-8,10H,1-6,11H2;1H. The van der Waals surface area contributed by atoms with Crippen molar-refractivity contribution in [2.24, 2.45) is 11.7 Å². The van der Waals surface area contributed by atoms with Crippen LogP contribution in [0.4, 0.5) is 0 Å². The van der Waals surface area contributed by atoms with Gasteiger partial charge in [-0.05, 0) is 44.4 Å². The minimum absolute atomic E-state index is 0. The Bertz CT molecular complexity index is 163. The van der Waals surface area contributed by atoms with Crippen LogP contribution in [0.2, 0.25) is 0 Å². The van der Waals surface area contributed by atoms with Gasteiger partial charge in [-0.3, -0.25) is 0 Å². The van der Waals surface area contributed by atoms with Gasteiger partial charge < -0.3 is 5.73 Å². The molecule has 0 spiro atoms. The number of halogens is 1. The second-order valence-electron chi connectivity index (χ2n) is 4.00. The zero-order chi connectivity index (χ0) is 7.68. The molecular weight excluding hydrogens is 170 g/mol. The summed E-state index contributed by atoms with van der Waals surface area (Å²) < 4.78 is 0. The van der Waals surface area contributed by atoms with Gasteiger partial charge in [0.25, 0.3) is 0 Å². The molecule has 0 unspecified atom stereocenters. The van der Waals surface area contributed by atoms with Crippen LogP contribution in [0.1, 0.15) is 38.5 Å². The van der Waals surface area contributed by atoms with Crippen molar-refractivity contribution in [3.05, 3.63) is 11.6 Å². The van der Waals surface area contributed by atoms with E-state index in [1.807, 2.05) is 0 Å². The van der Waals surface area contributed by atoms with Crippen molar-refractivity contribution in [1.82, 2.24) is 0 Å². The predicted molar refractivity (Wildman–Crippen MR) is 54.5 cm³/mol. The number of hydrogen-bond donors (Lipinski definition) is 1. The zero-order valence-electron chi connectivity index (χ0n) is 7.46. The lowest BCUT2D eigenvalue weighted by molar-refractivity contribution is 0.509. The van der Waals surface area contributed by atoms with E-state index in [1.54, 1.807) is 5.57 Å². The smallest absolute Gasteiger partial charge is 0.00449 e. The predicted octanol–water partition coefficient (Wildman–Crippen LogP) is 2.65. The van der Waals surface area contributed by atoms with Crippen LogP contribution in [0.25, 0.3) is 0 Å². The van der Waals surface area contributed by atoms with E-state index in [1.165, 1.54) is 38.5 Å². The molecule has 0 aromatic rings. The third-order valence-corrected chi connectivity index (χ3v) is 2.77. The summed E-state index contributed by atoms with van der Waals surface area (Å²) in [5.41, 5.74) is 7.51. The van der Waals surface area contributed by atoms with E-state index in [0.717, 1.165) is 5.92 Å². The van der Waals surface area contributed by atoms with Crippen LogP contribution in [-0.4, -0.2) is 6.04 Å². The Morgan fingerprint density at radius 3 is 2.17 bits per heavy atom. The highest BCUT2D eigenvalue weighted by Gasteiger charge is 2.20. The summed E-state index contributed by atoms with van der Waals surface area (Å²) in [5, 5.41) is 0. The number of nitrogens with two attached hydrogens (primary N) is 1. The summed E-state index contributed by atoms with van der Waals surface area (Å²) in [4.78, 5) is 0. The summed E-state index contributed by atoms with van der Waals surface area (Å²) >= 11 is 0. The molecule has 0 atom stereocenters. The minimum atomic E-state index is 0. The molecule has 0 bridgehead atoms. The van der Waals surface area contributed by atoms with Crippen molar-refractivity contribution in [3.8, 4) is 0 Å². The Kier molecular flexibility index (Phi) is 3.60. The summed E-state index contributed by atoms with van der Waals surface area (Å²) in [6.07, 6.45) is 10.4. The average Bonchev–Trinajstić information content (AvgIpc) is 2.78. The largest absolute Gasteiger partial charge is 0.328 e. The molecule has 0 amide bonds. The van der Waals surface area contributed by atoms with Gasteiger partial charge in [-0.25, -0.2) is 0 Å². The lowest BCUT2D eigenvalue weighted by Gasteiger charge is -2.19. The normalized spacial score (nSPS) is 29.4. The van der Waals surface area contributed by atoms with Crippen molar-refractivity contribution in [3.63, 3.8) is 0 Å². The summed E-state index contributed by atoms with van der Waals surface area (Å²) in [6, 6.07) is 0.492. The van der Waals surface area contributed by atoms with Crippen molar-refractivity contribution >= 4 is 12.4 Å². The molecule has 0 heterocycles. The maximum Gasteiger partial charge on any atom is 0.00449 e. The lowest BCUT2D eigenvalue weighted by atomic mass is 9.91. The topological polar surface area (TPSA) is 26.0 Å². The molecule has 0 aromatic heterocycles. The van der Waals surface area contributed by atoms with Crippen molar-refractivity contribution < 1.29 is 0 Å². The summed E-state index contributed by atoms with van der Waals surface area (Å²) in [5.74, 6) is 0.958. The Labute approximate surface area is 80.8 Å². The molecule has 70 valence electrons. The van der Waals surface area contributed by atoms with Gasteiger partial charge in [-0.15, -0.1) is 12.4 Å². The molecule has 12 heavy (non-hydrogen) atoms. The van der Waals surface area contributed by atoms with Crippen molar-refractivity contribution in [2.75, 3.05) is 0 Å². The molecule has 2 aliphatic rings. The van der Waals surface area contributed by atoms with Gasteiger partial charge >= 0.3 is 0 Å². The molecule has 0 aromatic carbocycles. The van der Waals surface area contributed by atoms with Crippen molar-refractivity contribution in [1.29, 1.82) is 0 Å². The first-order chi connectivity index (χ1) is 5.34. The molecule has 2 fully saturated rings. The maximum absolute atomic E-state index is 5.82. The third kappa shape index (κ3) is 2.80. The summed E-state index contributed by atoms with van der Waals surface area (Å²) in [6.45, 7) is 0. The van der Waals surface area contributed by atoms with Gasteiger partial charge in [-0.2, -0.15) is 0 Å². The van der Waals surface area contributed by atoms with Gasteiger partial charge in [0.15, 0.2) is 0 Å². The van der Waals surface area contributed by atoms with Crippen LogP contribution < -0.4 is 5.73 Å². The first-order valence-electron chi connectivity index (χ1n) is 4.80. The molecular formula is C10H18ClN. The lowest BCUT2D eigenvalue weighted by Crippen LogP contribution is -2.23. The van der Waals surface area contributed by atoms with Gasteiger partial charge in [0, 0.05) is 6.04 Å². The van der Waals surface area contributed by atoms with E-state index in [0.29, 0.717) is 6.04 Å². The van der Waals surface area contributed by atoms with Crippen molar-refractivity contribution in [2.45, 2.75) is 44.6 Å². The van der Waals surface area contributed by atoms with Gasteiger partial charge in [0.1, 0.15) is 0 Å². The molecule has 2 rings (SSSR count). The molecule has 0 radical (unpaired) electrons. The van der Waals surface area contributed by atoms with E-state index >= 15 is 0 Å². The fraction of sp³-hybridized carbons (Fsp3) is 0.800. The van der Waals surface area contributed by atoms with Gasteiger partial charge in [-0.1, -0.05) is 11.6 Å². The number of hydrogen-bond acceptors (Lipinski definition) is 1. The van der Waals surface area contributed by atoms with Crippen LogP contribution in [0.5, 0.6) is 0 Å². The van der Waals surface area contributed by atoms with Crippen LogP contribution in [0.3, 0.4) is 0 Å². The van der Waals surface area contributed by atoms with E-state index in [2.05, 4.69) is 6.08 Å². The Morgan fingerprint density at radius 1 is 1.08 bits per heavy atom. The highest BCUT2D eigenvalue weighted by molar-refractivity contribution is 5.85. The number of rotatable bonds is 1. The van der Waals surface area contributed by atoms with Crippen LogP contribution >= 0.6 is 12.4 Å². The second-order valence-corrected chi connectivity index (χ2v) is 4.00. The molecule has 2 saturated carbocycles. The SMILES string of the molecule is Cl.NC1CCC(=CC2CC2)CC1. The van der Waals surface area contributed by atoms with Gasteiger partial charge in [0.2, 0.25) is 0 Å². The maximum atomic E-state index is 5.82. The molecule has 2 heteroatoms. The highest BCUT2D eigenvalue weighted by Crippen LogP contribution is 2.34. The van der Waals surface area contributed by atoms with Crippen LogP contribution in [-0.2, 0) is 0 Å². The molecule has 0 aliphatic heterocycles.